The van der Waals surface area contributed by atoms with Crippen LogP contribution in [0.1, 0.15) is 15.9 Å². The molecule has 2 N–H and O–H groups in total. The summed E-state index contributed by atoms with van der Waals surface area (Å²) in [7, 11) is 0. The third-order valence-corrected chi connectivity index (χ3v) is 4.23. The minimum Gasteiger partial charge on any atom is -0.338 e. The molecule has 0 fully saturated rings. The minimum atomic E-state index is -0.291. The quantitative estimate of drug-likeness (QED) is 0.398. The van der Waals surface area contributed by atoms with Crippen LogP contribution >= 0.6 is 0 Å². The van der Waals surface area contributed by atoms with Gasteiger partial charge in [0, 0.05) is 11.8 Å². The first-order chi connectivity index (χ1) is 13.8. The van der Waals surface area contributed by atoms with Gasteiger partial charge in [0.2, 0.25) is 0 Å². The summed E-state index contributed by atoms with van der Waals surface area (Å²) in [4.78, 5) is 20.4. The molecule has 5 nitrogen and oxygen atoms in total. The van der Waals surface area contributed by atoms with E-state index in [1.54, 1.807) is 18.4 Å². The molecule has 136 valence electrons. The topological polar surface area (TPSA) is 70.1 Å². The Bertz CT molecular complexity index is 1130. The van der Waals surface area contributed by atoms with Gasteiger partial charge in [-0.1, -0.05) is 66.7 Å². The molecule has 0 bridgehead atoms. The molecule has 1 heterocycles. The molecule has 0 aliphatic carbocycles. The molecule has 4 rings (SSSR count). The van der Waals surface area contributed by atoms with E-state index in [2.05, 4.69) is 20.5 Å². The Labute approximate surface area is 162 Å². The zero-order valence-electron chi connectivity index (χ0n) is 15.0. The fourth-order valence-electron chi connectivity index (χ4n) is 2.89. The Kier molecular flexibility index (Phi) is 5.06. The van der Waals surface area contributed by atoms with E-state index in [1.807, 2.05) is 78.9 Å². The lowest BCUT2D eigenvalue weighted by Crippen LogP contribution is -2.18. The number of H-pyrrole nitrogens is 1. The van der Waals surface area contributed by atoms with Gasteiger partial charge in [0.05, 0.1) is 16.6 Å². The highest BCUT2D eigenvalue weighted by Gasteiger charge is 2.14. The van der Waals surface area contributed by atoms with Crippen LogP contribution in [0.15, 0.2) is 90.0 Å². The number of hydrogen-bond acceptors (Lipinski definition) is 3. The van der Waals surface area contributed by atoms with Crippen molar-refractivity contribution in [3.63, 3.8) is 0 Å². The Hall–Kier alpha value is -3.99. The van der Waals surface area contributed by atoms with Crippen LogP contribution in [-0.4, -0.2) is 22.1 Å². The number of nitrogens with one attached hydrogen (secondary N) is 2. The monoisotopic (exact) mass is 366 g/mol. The number of fused-ring (bicyclic) bond motifs is 1. The lowest BCUT2D eigenvalue weighted by atomic mass is 10.1. The van der Waals surface area contributed by atoms with Crippen molar-refractivity contribution in [3.8, 4) is 11.4 Å². The lowest BCUT2D eigenvalue weighted by Gasteiger charge is -2.05. The van der Waals surface area contributed by atoms with E-state index in [4.69, 9.17) is 0 Å². The summed E-state index contributed by atoms with van der Waals surface area (Å²) in [5.74, 6) is 0.361. The first-order valence-electron chi connectivity index (χ1n) is 8.90. The number of hydrogen-bond donors (Lipinski definition) is 2. The predicted molar refractivity (Wildman–Crippen MR) is 113 cm³/mol. The summed E-state index contributed by atoms with van der Waals surface area (Å²) in [5.41, 5.74) is 6.65. The smallest absolute Gasteiger partial charge is 0.272 e. The summed E-state index contributed by atoms with van der Waals surface area (Å²) in [6.45, 7) is 0. The third kappa shape index (κ3) is 3.88. The van der Waals surface area contributed by atoms with E-state index in [0.717, 1.165) is 22.2 Å². The maximum absolute atomic E-state index is 12.6. The number of hydrazone groups is 1. The van der Waals surface area contributed by atoms with E-state index < -0.39 is 0 Å². The number of carbonyl (C=O) groups is 1. The van der Waals surface area contributed by atoms with E-state index >= 15 is 0 Å². The van der Waals surface area contributed by atoms with Gasteiger partial charge in [0.25, 0.3) is 5.91 Å². The number of rotatable bonds is 5. The highest BCUT2D eigenvalue weighted by molar-refractivity contribution is 6.01. The standard InChI is InChI=1S/C23H18N4O/c28-23(27-24-16-8-11-17-9-2-1-3-10-17)19-13-5-4-12-18(19)22-25-20-14-6-7-15-21(20)26-22/h1-16H,(H,25,26)(H,27,28)/b11-8+,24-16+. The number of carbonyl (C=O) groups excluding carboxylic acids is 1. The molecule has 0 radical (unpaired) electrons. The molecule has 0 aliphatic heterocycles. The van der Waals surface area contributed by atoms with Crippen molar-refractivity contribution in [2.45, 2.75) is 0 Å². The molecule has 4 aromatic rings. The number of allylic oxidation sites excluding steroid dienone is 1. The molecule has 28 heavy (non-hydrogen) atoms. The van der Waals surface area contributed by atoms with Gasteiger partial charge in [-0.2, -0.15) is 5.10 Å². The summed E-state index contributed by atoms with van der Waals surface area (Å²) < 4.78 is 0. The van der Waals surface area contributed by atoms with Gasteiger partial charge in [-0.05, 0) is 29.8 Å². The Balaban J connectivity index is 1.50. The molecule has 0 unspecified atom stereocenters. The average molecular weight is 366 g/mol. The number of nitrogens with zero attached hydrogens (tertiary/aromatic N) is 2. The van der Waals surface area contributed by atoms with Crippen molar-refractivity contribution in [2.75, 3.05) is 0 Å². The van der Waals surface area contributed by atoms with Gasteiger partial charge in [0.15, 0.2) is 0 Å². The largest absolute Gasteiger partial charge is 0.338 e. The van der Waals surface area contributed by atoms with Crippen molar-refractivity contribution in [1.29, 1.82) is 0 Å². The van der Waals surface area contributed by atoms with Crippen LogP contribution in [0.2, 0.25) is 0 Å². The number of aromatic amines is 1. The first-order valence-corrected chi connectivity index (χ1v) is 8.90. The number of para-hydroxylation sites is 2. The van der Waals surface area contributed by atoms with Crippen molar-refractivity contribution in [1.82, 2.24) is 15.4 Å². The molecule has 0 saturated heterocycles. The van der Waals surface area contributed by atoms with Crippen LogP contribution in [-0.2, 0) is 0 Å². The number of aromatic nitrogens is 2. The molecule has 0 spiro atoms. The van der Waals surface area contributed by atoms with Crippen molar-refractivity contribution >= 4 is 29.2 Å². The van der Waals surface area contributed by atoms with Crippen LogP contribution in [0.5, 0.6) is 0 Å². The molecule has 0 saturated carbocycles. The van der Waals surface area contributed by atoms with Crippen LogP contribution < -0.4 is 5.43 Å². The average Bonchev–Trinajstić information content (AvgIpc) is 3.18. The highest BCUT2D eigenvalue weighted by atomic mass is 16.2. The highest BCUT2D eigenvalue weighted by Crippen LogP contribution is 2.23. The van der Waals surface area contributed by atoms with E-state index in [0.29, 0.717) is 11.4 Å². The molecule has 5 heteroatoms. The van der Waals surface area contributed by atoms with Gasteiger partial charge in [-0.15, -0.1) is 0 Å². The SMILES string of the molecule is O=C(N/N=C/C=C/c1ccccc1)c1ccccc1-c1nc2ccccc2[nH]1. The fourth-order valence-corrected chi connectivity index (χ4v) is 2.89. The van der Waals surface area contributed by atoms with Crippen LogP contribution in [0.25, 0.3) is 28.5 Å². The van der Waals surface area contributed by atoms with Crippen molar-refractivity contribution in [2.24, 2.45) is 5.10 Å². The number of benzene rings is 3. The minimum absolute atomic E-state index is 0.291. The summed E-state index contributed by atoms with van der Waals surface area (Å²) >= 11 is 0. The Morgan fingerprint density at radius 2 is 1.68 bits per heavy atom. The second-order valence-electron chi connectivity index (χ2n) is 6.14. The van der Waals surface area contributed by atoms with Gasteiger partial charge >= 0.3 is 0 Å². The van der Waals surface area contributed by atoms with E-state index in [-0.39, 0.29) is 5.91 Å². The zero-order chi connectivity index (χ0) is 19.2. The summed E-state index contributed by atoms with van der Waals surface area (Å²) in [6, 6.07) is 25.0. The lowest BCUT2D eigenvalue weighted by molar-refractivity contribution is 0.0955. The molecule has 1 aromatic heterocycles. The first kappa shape index (κ1) is 17.4. The van der Waals surface area contributed by atoms with Gasteiger partial charge in [-0.25, -0.2) is 10.4 Å². The van der Waals surface area contributed by atoms with E-state index in [1.165, 1.54) is 0 Å². The molecule has 0 aliphatic rings. The molecular weight excluding hydrogens is 348 g/mol. The Morgan fingerprint density at radius 1 is 0.929 bits per heavy atom. The summed E-state index contributed by atoms with van der Waals surface area (Å²) in [5, 5.41) is 4.00. The van der Waals surface area contributed by atoms with Crippen molar-refractivity contribution in [3.05, 3.63) is 96.1 Å². The van der Waals surface area contributed by atoms with Gasteiger partial charge in [-0.3, -0.25) is 4.79 Å². The Morgan fingerprint density at radius 3 is 2.54 bits per heavy atom. The molecular formula is C23H18N4O. The van der Waals surface area contributed by atoms with Crippen LogP contribution in [0, 0.1) is 0 Å². The van der Waals surface area contributed by atoms with E-state index in [9.17, 15) is 4.79 Å². The maximum Gasteiger partial charge on any atom is 0.272 e. The molecule has 0 atom stereocenters. The second-order valence-corrected chi connectivity index (χ2v) is 6.14. The fraction of sp³-hybridized carbons (Fsp3) is 0. The van der Waals surface area contributed by atoms with Crippen LogP contribution in [0.3, 0.4) is 0 Å². The summed E-state index contributed by atoms with van der Waals surface area (Å²) in [6.07, 6.45) is 5.24. The molecule has 3 aromatic carbocycles. The third-order valence-electron chi connectivity index (χ3n) is 4.23. The number of amides is 1. The maximum atomic E-state index is 12.6. The second kappa shape index (κ2) is 8.14. The normalized spacial score (nSPS) is 11.4. The predicted octanol–water partition coefficient (Wildman–Crippen LogP) is 4.66. The van der Waals surface area contributed by atoms with Crippen LogP contribution in [0.4, 0.5) is 0 Å². The zero-order valence-corrected chi connectivity index (χ0v) is 15.0. The molecule has 1 amide bonds. The van der Waals surface area contributed by atoms with Crippen molar-refractivity contribution < 1.29 is 4.79 Å². The van der Waals surface area contributed by atoms with Gasteiger partial charge < -0.3 is 4.98 Å². The number of imidazole rings is 1. The van der Waals surface area contributed by atoms with Gasteiger partial charge in [0.1, 0.15) is 5.82 Å².